The lowest BCUT2D eigenvalue weighted by atomic mass is 10.1. The van der Waals surface area contributed by atoms with Crippen LogP contribution in [-0.4, -0.2) is 35.4 Å². The molecule has 0 radical (unpaired) electrons. The highest BCUT2D eigenvalue weighted by Gasteiger charge is 2.36. The van der Waals surface area contributed by atoms with Crippen molar-refractivity contribution < 1.29 is 28.6 Å². The van der Waals surface area contributed by atoms with Crippen molar-refractivity contribution in [3.05, 3.63) is 85.2 Å². The van der Waals surface area contributed by atoms with E-state index < -0.39 is 17.1 Å². The van der Waals surface area contributed by atoms with E-state index in [0.717, 1.165) is 22.2 Å². The molecule has 2 aliphatic rings. The second-order valence-electron chi connectivity index (χ2n) is 8.55. The van der Waals surface area contributed by atoms with E-state index in [1.165, 1.54) is 6.08 Å². The average Bonchev–Trinajstić information content (AvgIpc) is 3.45. The Bertz CT molecular complexity index is 1540. The van der Waals surface area contributed by atoms with Gasteiger partial charge in [-0.15, -0.1) is 0 Å². The molecule has 200 valence electrons. The first-order valence-corrected chi connectivity index (χ1v) is 13.4. The van der Waals surface area contributed by atoms with Gasteiger partial charge in [-0.25, -0.2) is 0 Å². The van der Waals surface area contributed by atoms with Crippen LogP contribution in [0.3, 0.4) is 0 Å². The molecule has 1 saturated heterocycles. The summed E-state index contributed by atoms with van der Waals surface area (Å²) in [5.74, 6) is 0.396. The number of hydrogen-bond acceptors (Lipinski definition) is 7. The summed E-state index contributed by atoms with van der Waals surface area (Å²) in [5, 5.41) is 3.53. The molecule has 0 spiro atoms. The molecule has 0 atom stereocenters. The van der Waals surface area contributed by atoms with Gasteiger partial charge in [0.2, 0.25) is 6.79 Å². The number of ether oxygens (including phenoxy) is 3. The largest absolute Gasteiger partial charge is 0.483 e. The molecule has 2 heterocycles. The number of hydrogen-bond donors (Lipinski definition) is 1. The predicted octanol–water partition coefficient (Wildman–Crippen LogP) is 6.94. The lowest BCUT2D eigenvalue weighted by Crippen LogP contribution is -2.27. The zero-order valence-electron chi connectivity index (χ0n) is 20.3. The van der Waals surface area contributed by atoms with Gasteiger partial charge in [0.1, 0.15) is 5.75 Å². The quantitative estimate of drug-likeness (QED) is 0.292. The monoisotopic (exact) mass is 604 g/mol. The Morgan fingerprint density at radius 3 is 2.59 bits per heavy atom. The van der Waals surface area contributed by atoms with Crippen molar-refractivity contribution in [1.82, 2.24) is 4.90 Å². The molecular weight excluding hydrogens is 587 g/mol. The van der Waals surface area contributed by atoms with Crippen LogP contribution in [0.15, 0.2) is 53.4 Å². The van der Waals surface area contributed by atoms with E-state index in [2.05, 4.69) is 5.32 Å². The minimum atomic E-state index is -0.501. The Kier molecular flexibility index (Phi) is 7.95. The number of rotatable bonds is 7. The molecule has 5 rings (SSSR count). The number of carbonyl (C=O) groups is 3. The van der Waals surface area contributed by atoms with Gasteiger partial charge >= 0.3 is 0 Å². The second kappa shape index (κ2) is 11.4. The first kappa shape index (κ1) is 27.2. The number of nitrogens with zero attached hydrogens (tertiary/aromatic N) is 1. The minimum absolute atomic E-state index is 0.0421. The third-order valence-electron chi connectivity index (χ3n) is 5.82. The van der Waals surface area contributed by atoms with E-state index in [-0.39, 0.29) is 24.8 Å². The molecule has 1 N–H and O–H groups in total. The number of imide groups is 1. The molecule has 0 saturated carbocycles. The van der Waals surface area contributed by atoms with Crippen molar-refractivity contribution in [3.8, 4) is 17.2 Å². The highest BCUT2D eigenvalue weighted by Crippen LogP contribution is 2.40. The van der Waals surface area contributed by atoms with Gasteiger partial charge in [-0.2, -0.15) is 0 Å². The molecule has 0 bridgehead atoms. The number of halogens is 3. The summed E-state index contributed by atoms with van der Waals surface area (Å²) in [7, 11) is 0. The predicted molar refractivity (Wildman–Crippen MR) is 151 cm³/mol. The fraction of sp³-hybridized carbons (Fsp3) is 0.148. The number of anilines is 1. The van der Waals surface area contributed by atoms with Crippen molar-refractivity contribution in [2.24, 2.45) is 0 Å². The summed E-state index contributed by atoms with van der Waals surface area (Å²) in [6, 6.07) is 13.2. The third-order valence-corrected chi connectivity index (χ3v) is 7.72. The van der Waals surface area contributed by atoms with Crippen molar-refractivity contribution in [1.29, 1.82) is 0 Å². The fourth-order valence-corrected chi connectivity index (χ4v) is 5.21. The Hall–Kier alpha value is -3.37. The molecular formula is C27H19Cl3N2O6S. The molecule has 2 aliphatic heterocycles. The van der Waals surface area contributed by atoms with Gasteiger partial charge in [0.05, 0.1) is 11.4 Å². The number of thioether (sulfide) groups is 1. The summed E-state index contributed by atoms with van der Waals surface area (Å²) in [5.41, 5.74) is 2.39. The number of carbonyl (C=O) groups excluding carboxylic acids is 3. The van der Waals surface area contributed by atoms with Crippen LogP contribution in [0.1, 0.15) is 16.7 Å². The number of fused-ring (bicyclic) bond motifs is 1. The van der Waals surface area contributed by atoms with Crippen molar-refractivity contribution in [2.75, 3.05) is 18.7 Å². The Morgan fingerprint density at radius 2 is 1.82 bits per heavy atom. The summed E-state index contributed by atoms with van der Waals surface area (Å²) >= 11 is 19.4. The second-order valence-corrected chi connectivity index (χ2v) is 10.8. The van der Waals surface area contributed by atoms with E-state index >= 15 is 0 Å². The maximum absolute atomic E-state index is 13.2. The fourth-order valence-electron chi connectivity index (χ4n) is 3.80. The van der Waals surface area contributed by atoms with E-state index in [1.807, 2.05) is 6.92 Å². The Balaban J connectivity index is 1.30. The number of nitrogens with one attached hydrogen (secondary N) is 1. The molecule has 12 heteroatoms. The maximum Gasteiger partial charge on any atom is 0.293 e. The lowest BCUT2D eigenvalue weighted by Gasteiger charge is -2.14. The zero-order valence-corrected chi connectivity index (χ0v) is 23.3. The SMILES string of the molecule is Cc1ccc(NC(=O)COc2ccc(Cl)cc2/C=C2\SC(=O)N(Cc3cc4c(cc3Cl)OCO4)C2=O)cc1Cl. The van der Waals surface area contributed by atoms with Crippen molar-refractivity contribution >= 4 is 75.4 Å². The smallest absolute Gasteiger partial charge is 0.293 e. The van der Waals surface area contributed by atoms with E-state index in [0.29, 0.717) is 49.1 Å². The van der Waals surface area contributed by atoms with Crippen LogP contribution < -0.4 is 19.5 Å². The Labute approximate surface area is 242 Å². The molecule has 3 aromatic carbocycles. The number of amides is 3. The third kappa shape index (κ3) is 6.12. The van der Waals surface area contributed by atoms with Crippen LogP contribution in [0.4, 0.5) is 10.5 Å². The topological polar surface area (TPSA) is 94.2 Å². The first-order valence-electron chi connectivity index (χ1n) is 11.5. The minimum Gasteiger partial charge on any atom is -0.483 e. The average molecular weight is 606 g/mol. The van der Waals surface area contributed by atoms with Gasteiger partial charge in [0, 0.05) is 32.4 Å². The summed E-state index contributed by atoms with van der Waals surface area (Å²) in [6.45, 7) is 1.59. The van der Waals surface area contributed by atoms with E-state index in [4.69, 9.17) is 49.0 Å². The van der Waals surface area contributed by atoms with Crippen LogP contribution in [0.2, 0.25) is 15.1 Å². The zero-order chi connectivity index (χ0) is 27.7. The van der Waals surface area contributed by atoms with Crippen molar-refractivity contribution in [2.45, 2.75) is 13.5 Å². The van der Waals surface area contributed by atoms with Crippen molar-refractivity contribution in [3.63, 3.8) is 0 Å². The van der Waals surface area contributed by atoms with Crippen LogP contribution in [0.5, 0.6) is 17.2 Å². The molecule has 0 aliphatic carbocycles. The molecule has 3 aromatic rings. The molecule has 8 nitrogen and oxygen atoms in total. The first-order chi connectivity index (χ1) is 18.7. The van der Waals surface area contributed by atoms with Gasteiger partial charge < -0.3 is 19.5 Å². The highest BCUT2D eigenvalue weighted by atomic mass is 35.5. The standard InChI is InChI=1S/C27H19Cl3N2O6S/c1-14-2-4-18(9-19(14)29)31-25(33)12-36-21-5-3-17(28)6-15(21)8-24-26(34)32(27(35)39-24)11-16-7-22-23(10-20(16)30)38-13-37-22/h2-10H,11-13H2,1H3,(H,31,33)/b24-8-. The lowest BCUT2D eigenvalue weighted by molar-refractivity contribution is -0.123. The highest BCUT2D eigenvalue weighted by molar-refractivity contribution is 8.18. The van der Waals surface area contributed by atoms with Gasteiger partial charge in [-0.05, 0) is 72.3 Å². The molecule has 0 aromatic heterocycles. The normalized spacial score (nSPS) is 15.3. The molecule has 39 heavy (non-hydrogen) atoms. The Morgan fingerprint density at radius 1 is 1.05 bits per heavy atom. The number of benzene rings is 3. The van der Waals surface area contributed by atoms with Crippen LogP contribution in [0.25, 0.3) is 6.08 Å². The summed E-state index contributed by atoms with van der Waals surface area (Å²) in [4.78, 5) is 39.6. The van der Waals surface area contributed by atoms with E-state index in [9.17, 15) is 14.4 Å². The molecule has 1 fully saturated rings. The van der Waals surface area contributed by atoms with Crippen LogP contribution in [0, 0.1) is 6.92 Å². The summed E-state index contributed by atoms with van der Waals surface area (Å²) in [6.07, 6.45) is 1.50. The van der Waals surface area contributed by atoms with E-state index in [1.54, 1.807) is 48.5 Å². The maximum atomic E-state index is 13.2. The summed E-state index contributed by atoms with van der Waals surface area (Å²) < 4.78 is 16.4. The van der Waals surface area contributed by atoms with Gasteiger partial charge in [-0.1, -0.05) is 40.9 Å². The van der Waals surface area contributed by atoms with Gasteiger partial charge in [0.25, 0.3) is 17.1 Å². The van der Waals surface area contributed by atoms with Gasteiger partial charge in [-0.3, -0.25) is 19.3 Å². The van der Waals surface area contributed by atoms with Gasteiger partial charge in [0.15, 0.2) is 18.1 Å². The van der Waals surface area contributed by atoms with Crippen LogP contribution >= 0.6 is 46.6 Å². The number of aryl methyl sites for hydroxylation is 1. The van der Waals surface area contributed by atoms with Crippen LogP contribution in [-0.2, 0) is 16.1 Å². The molecule has 0 unspecified atom stereocenters. The molecule has 3 amide bonds.